The zero-order valence-corrected chi connectivity index (χ0v) is 22.3. The number of ketones is 1. The molecule has 3 aromatic rings. The van der Waals surface area contributed by atoms with Crippen molar-refractivity contribution in [1.29, 1.82) is 0 Å². The van der Waals surface area contributed by atoms with Gasteiger partial charge in [-0.2, -0.15) is 0 Å². The molecule has 0 atom stereocenters. The maximum Gasteiger partial charge on any atom is 0.253 e. The molecule has 1 aromatic carbocycles. The minimum atomic E-state index is -3.38. The summed E-state index contributed by atoms with van der Waals surface area (Å²) in [6.07, 6.45) is 5.99. The van der Waals surface area contributed by atoms with Gasteiger partial charge in [-0.05, 0) is 43.2 Å². The van der Waals surface area contributed by atoms with E-state index < -0.39 is 9.84 Å². The Morgan fingerprint density at radius 1 is 1.05 bits per heavy atom. The lowest BCUT2D eigenvalue weighted by atomic mass is 10.1. The fourth-order valence-electron chi connectivity index (χ4n) is 4.16. The Morgan fingerprint density at radius 2 is 1.76 bits per heavy atom. The number of sulfone groups is 1. The number of hydrogen-bond acceptors (Lipinski definition) is 10. The topological polar surface area (TPSA) is 148 Å². The number of rotatable bonds is 9. The van der Waals surface area contributed by atoms with E-state index in [1.165, 1.54) is 36.6 Å². The van der Waals surface area contributed by atoms with E-state index in [0.717, 1.165) is 32.2 Å². The SMILES string of the molecule is CCC(=O)c1cnc(Nc2ccc(S(C)(=O)=O)cn2)cc1N(N)c1ccc(C(=O)N2CCCC2)cc1OC. The Hall–Kier alpha value is -4.03. The standard InChI is InChI=1S/C26H30N6O5S/c1-4-22(33)19-16-29-25(30-24-10-8-18(15-28-24)38(3,35)36)14-21(19)32(27)20-9-7-17(13-23(20)37-2)26(34)31-11-5-6-12-31/h7-10,13-16H,4-6,11-12,27H2,1-3H3,(H,28,29,30). The third-order valence-electron chi connectivity index (χ3n) is 6.26. The zero-order chi connectivity index (χ0) is 27.4. The molecule has 12 heteroatoms. The first-order chi connectivity index (χ1) is 18.1. The molecule has 3 heterocycles. The summed E-state index contributed by atoms with van der Waals surface area (Å²) in [5.74, 6) is 7.37. The van der Waals surface area contributed by atoms with Crippen LogP contribution in [0.5, 0.6) is 5.75 Å². The van der Waals surface area contributed by atoms with Gasteiger partial charge in [-0.15, -0.1) is 0 Å². The van der Waals surface area contributed by atoms with Gasteiger partial charge in [0.15, 0.2) is 15.6 Å². The number of pyridine rings is 2. The average Bonchev–Trinajstić information content (AvgIpc) is 3.46. The lowest BCUT2D eigenvalue weighted by molar-refractivity contribution is 0.0792. The molecule has 2 aromatic heterocycles. The predicted octanol–water partition coefficient (Wildman–Crippen LogP) is 3.47. The number of anilines is 4. The quantitative estimate of drug-likeness (QED) is 0.236. The first-order valence-corrected chi connectivity index (χ1v) is 14.0. The molecule has 38 heavy (non-hydrogen) atoms. The molecule has 0 saturated carbocycles. The molecule has 0 radical (unpaired) electrons. The van der Waals surface area contributed by atoms with E-state index in [1.807, 2.05) is 4.90 Å². The first kappa shape index (κ1) is 27.0. The normalized spacial score (nSPS) is 13.3. The van der Waals surface area contributed by atoms with Gasteiger partial charge in [0, 0.05) is 49.8 Å². The zero-order valence-electron chi connectivity index (χ0n) is 21.5. The molecule has 0 bridgehead atoms. The minimum Gasteiger partial charge on any atom is -0.494 e. The van der Waals surface area contributed by atoms with E-state index in [4.69, 9.17) is 10.6 Å². The van der Waals surface area contributed by atoms with Gasteiger partial charge >= 0.3 is 0 Å². The van der Waals surface area contributed by atoms with E-state index in [-0.39, 0.29) is 23.0 Å². The molecule has 1 aliphatic rings. The van der Waals surface area contributed by atoms with Crippen LogP contribution in [0.2, 0.25) is 0 Å². The fourth-order valence-corrected chi connectivity index (χ4v) is 4.72. The van der Waals surface area contributed by atoms with Crippen LogP contribution in [0, 0.1) is 0 Å². The summed E-state index contributed by atoms with van der Waals surface area (Å²) >= 11 is 0. The Morgan fingerprint density at radius 3 is 2.37 bits per heavy atom. The van der Waals surface area contributed by atoms with E-state index in [2.05, 4.69) is 15.3 Å². The number of benzene rings is 1. The molecule has 0 spiro atoms. The maximum atomic E-state index is 12.9. The molecule has 1 saturated heterocycles. The van der Waals surface area contributed by atoms with Crippen molar-refractivity contribution in [2.24, 2.45) is 5.84 Å². The van der Waals surface area contributed by atoms with Crippen LogP contribution < -0.4 is 20.9 Å². The Labute approximate surface area is 221 Å². The van der Waals surface area contributed by atoms with Crippen molar-refractivity contribution in [3.8, 4) is 5.75 Å². The number of methoxy groups -OCH3 is 1. The third kappa shape index (κ3) is 5.76. The van der Waals surface area contributed by atoms with E-state index in [1.54, 1.807) is 31.2 Å². The predicted molar refractivity (Wildman–Crippen MR) is 144 cm³/mol. The van der Waals surface area contributed by atoms with Crippen LogP contribution in [-0.2, 0) is 9.84 Å². The lowest BCUT2D eigenvalue weighted by Gasteiger charge is -2.24. The number of carbonyl (C=O) groups excluding carboxylic acids is 2. The van der Waals surface area contributed by atoms with Crippen LogP contribution in [0.4, 0.5) is 23.0 Å². The highest BCUT2D eigenvalue weighted by Crippen LogP contribution is 2.36. The van der Waals surface area contributed by atoms with Crippen LogP contribution in [0.3, 0.4) is 0 Å². The number of hydrogen-bond donors (Lipinski definition) is 2. The van der Waals surface area contributed by atoms with Gasteiger partial charge < -0.3 is 15.0 Å². The maximum absolute atomic E-state index is 12.9. The fraction of sp³-hybridized carbons (Fsp3) is 0.308. The van der Waals surface area contributed by atoms with Crippen molar-refractivity contribution in [3.05, 3.63) is 59.9 Å². The molecule has 4 rings (SSSR count). The molecule has 3 N–H and O–H groups in total. The molecule has 1 fully saturated rings. The second-order valence-electron chi connectivity index (χ2n) is 8.90. The van der Waals surface area contributed by atoms with Crippen molar-refractivity contribution in [1.82, 2.24) is 14.9 Å². The van der Waals surface area contributed by atoms with Crippen molar-refractivity contribution in [2.75, 3.05) is 36.8 Å². The Kier molecular flexibility index (Phi) is 7.93. The van der Waals surface area contributed by atoms with Crippen LogP contribution in [0.1, 0.15) is 46.9 Å². The number of nitrogens with one attached hydrogen (secondary N) is 1. The molecular weight excluding hydrogens is 508 g/mol. The first-order valence-electron chi connectivity index (χ1n) is 12.1. The number of amides is 1. The molecule has 0 unspecified atom stereocenters. The Balaban J connectivity index is 1.67. The van der Waals surface area contributed by atoms with Gasteiger partial charge in [-0.25, -0.2) is 24.2 Å². The van der Waals surface area contributed by atoms with Gasteiger partial charge in [-0.3, -0.25) is 14.6 Å². The number of likely N-dealkylation sites (tertiary alicyclic amines) is 1. The van der Waals surface area contributed by atoms with Gasteiger partial charge in [0.1, 0.15) is 17.4 Å². The molecule has 11 nitrogen and oxygen atoms in total. The molecule has 200 valence electrons. The lowest BCUT2D eigenvalue weighted by Crippen LogP contribution is -2.29. The number of aromatic nitrogens is 2. The third-order valence-corrected chi connectivity index (χ3v) is 7.36. The second-order valence-corrected chi connectivity index (χ2v) is 10.9. The summed E-state index contributed by atoms with van der Waals surface area (Å²) in [7, 11) is -1.90. The number of Topliss-reactive ketones (excluding diaryl/α,β-unsaturated/α-hetero) is 1. The molecular formula is C26H30N6O5S. The van der Waals surface area contributed by atoms with Crippen molar-refractivity contribution < 1.29 is 22.7 Å². The van der Waals surface area contributed by atoms with Crippen LogP contribution in [-0.4, -0.2) is 61.4 Å². The largest absolute Gasteiger partial charge is 0.494 e. The van der Waals surface area contributed by atoms with Gasteiger partial charge in [0.05, 0.1) is 28.9 Å². The molecule has 1 aliphatic heterocycles. The van der Waals surface area contributed by atoms with Crippen molar-refractivity contribution >= 4 is 44.5 Å². The van der Waals surface area contributed by atoms with Gasteiger partial charge in [0.2, 0.25) is 0 Å². The van der Waals surface area contributed by atoms with Crippen LogP contribution in [0.15, 0.2) is 53.7 Å². The van der Waals surface area contributed by atoms with Crippen molar-refractivity contribution in [2.45, 2.75) is 31.1 Å². The van der Waals surface area contributed by atoms with E-state index >= 15 is 0 Å². The van der Waals surface area contributed by atoms with Crippen molar-refractivity contribution in [3.63, 3.8) is 0 Å². The number of hydrazine groups is 1. The summed E-state index contributed by atoms with van der Waals surface area (Å²) in [6.45, 7) is 3.20. The highest BCUT2D eigenvalue weighted by molar-refractivity contribution is 7.90. The van der Waals surface area contributed by atoms with Crippen LogP contribution >= 0.6 is 0 Å². The monoisotopic (exact) mass is 538 g/mol. The average molecular weight is 539 g/mol. The van der Waals surface area contributed by atoms with Gasteiger partial charge in [-0.1, -0.05) is 6.92 Å². The Bertz CT molecular complexity index is 1450. The number of carbonyl (C=O) groups is 2. The highest BCUT2D eigenvalue weighted by Gasteiger charge is 2.23. The summed E-state index contributed by atoms with van der Waals surface area (Å²) in [6, 6.07) is 9.56. The highest BCUT2D eigenvalue weighted by atomic mass is 32.2. The molecule has 1 amide bonds. The minimum absolute atomic E-state index is 0.0671. The summed E-state index contributed by atoms with van der Waals surface area (Å²) < 4.78 is 29.0. The smallest absolute Gasteiger partial charge is 0.253 e. The van der Waals surface area contributed by atoms with Crippen LogP contribution in [0.25, 0.3) is 0 Å². The summed E-state index contributed by atoms with van der Waals surface area (Å²) in [5.41, 5.74) is 1.61. The van der Waals surface area contributed by atoms with E-state index in [9.17, 15) is 18.0 Å². The second kappa shape index (κ2) is 11.2. The number of nitrogens with two attached hydrogens (primary N) is 1. The molecule has 0 aliphatic carbocycles. The summed E-state index contributed by atoms with van der Waals surface area (Å²) in [5, 5.41) is 4.32. The summed E-state index contributed by atoms with van der Waals surface area (Å²) in [4.78, 5) is 35.9. The number of nitrogens with zero attached hydrogens (tertiary/aromatic N) is 4. The van der Waals surface area contributed by atoms with E-state index in [0.29, 0.717) is 39.9 Å². The van der Waals surface area contributed by atoms with Gasteiger partial charge in [0.25, 0.3) is 5.91 Å². The number of ether oxygens (including phenoxy) is 1.